The van der Waals surface area contributed by atoms with Crippen LogP contribution in [-0.2, 0) is 14.3 Å². The molecule has 0 fully saturated rings. The van der Waals surface area contributed by atoms with Gasteiger partial charge in [0.15, 0.2) is 12.7 Å². The molecule has 0 aromatic heterocycles. The first-order chi connectivity index (χ1) is 12.0. The van der Waals surface area contributed by atoms with Crippen LogP contribution in [0.3, 0.4) is 0 Å². The number of benzene rings is 2. The Morgan fingerprint density at radius 3 is 2.56 bits per heavy atom. The summed E-state index contributed by atoms with van der Waals surface area (Å²) in [5.74, 6) is -1.42. The Labute approximate surface area is 143 Å². The molecule has 0 heterocycles. The number of esters is 1. The molecule has 0 unspecified atom stereocenters. The van der Waals surface area contributed by atoms with Crippen LogP contribution in [-0.4, -0.2) is 30.9 Å². The lowest BCUT2D eigenvalue weighted by Crippen LogP contribution is -2.31. The minimum absolute atomic E-state index is 0.263. The molecule has 0 aliphatic carbocycles. The molecule has 2 aromatic carbocycles. The minimum Gasteiger partial charge on any atom is -0.482 e. The zero-order chi connectivity index (χ0) is 18.2. The zero-order valence-electron chi connectivity index (χ0n) is 13.4. The van der Waals surface area contributed by atoms with Crippen LogP contribution < -0.4 is 10.1 Å². The van der Waals surface area contributed by atoms with Crippen LogP contribution in [0.2, 0.25) is 0 Å². The van der Waals surface area contributed by atoms with Crippen molar-refractivity contribution in [3.63, 3.8) is 0 Å². The van der Waals surface area contributed by atoms with Gasteiger partial charge in [-0.2, -0.15) is 0 Å². The first-order valence-electron chi connectivity index (χ1n) is 7.42. The fourth-order valence-electron chi connectivity index (χ4n) is 1.88. The molecule has 1 amide bonds. The highest BCUT2D eigenvalue weighted by atomic mass is 19.1. The molecule has 1 N–H and O–H groups in total. The summed E-state index contributed by atoms with van der Waals surface area (Å²) in [6, 6.07) is 11.5. The molecule has 25 heavy (non-hydrogen) atoms. The summed E-state index contributed by atoms with van der Waals surface area (Å²) in [6.07, 6.45) is -0.381. The summed E-state index contributed by atoms with van der Waals surface area (Å²) in [4.78, 5) is 34.2. The lowest BCUT2D eigenvalue weighted by atomic mass is 10.2. The number of hydrogen-bond acceptors (Lipinski definition) is 5. The molecular formula is C18H16FNO5. The average Bonchev–Trinajstić information content (AvgIpc) is 2.60. The van der Waals surface area contributed by atoms with E-state index in [2.05, 4.69) is 5.32 Å². The molecule has 0 spiro atoms. The van der Waals surface area contributed by atoms with Gasteiger partial charge < -0.3 is 14.8 Å². The second-order valence-corrected chi connectivity index (χ2v) is 5.11. The van der Waals surface area contributed by atoms with Gasteiger partial charge in [-0.25, -0.2) is 9.18 Å². The summed E-state index contributed by atoms with van der Waals surface area (Å²) in [5.41, 5.74) is 0.747. The van der Waals surface area contributed by atoms with Crippen LogP contribution >= 0.6 is 0 Å². The van der Waals surface area contributed by atoms with Crippen molar-refractivity contribution in [1.82, 2.24) is 0 Å². The number of amides is 1. The molecule has 2 rings (SSSR count). The van der Waals surface area contributed by atoms with Gasteiger partial charge in [0.1, 0.15) is 17.9 Å². The summed E-state index contributed by atoms with van der Waals surface area (Å²) < 4.78 is 23.2. The van der Waals surface area contributed by atoms with Gasteiger partial charge in [0, 0.05) is 11.3 Å². The third kappa shape index (κ3) is 5.72. The van der Waals surface area contributed by atoms with Gasteiger partial charge in [-0.3, -0.25) is 9.59 Å². The SMILES string of the molecule is C[C@H](OC(=O)COc1ccc(C=O)cc1)C(=O)Nc1cccc(F)c1. The van der Waals surface area contributed by atoms with Crippen molar-refractivity contribution < 1.29 is 28.2 Å². The Morgan fingerprint density at radius 1 is 1.20 bits per heavy atom. The number of nitrogens with one attached hydrogen (secondary N) is 1. The standard InChI is InChI=1S/C18H16FNO5/c1-12(18(23)20-15-4-2-3-14(19)9-15)25-17(22)11-24-16-7-5-13(10-21)6-8-16/h2-10,12H,11H2,1H3,(H,20,23)/t12-/m0/s1. The van der Waals surface area contributed by atoms with E-state index in [0.29, 0.717) is 17.6 Å². The largest absolute Gasteiger partial charge is 0.482 e. The van der Waals surface area contributed by atoms with Gasteiger partial charge in [-0.05, 0) is 49.4 Å². The van der Waals surface area contributed by atoms with Crippen molar-refractivity contribution in [3.05, 3.63) is 59.9 Å². The molecular weight excluding hydrogens is 329 g/mol. The minimum atomic E-state index is -1.07. The van der Waals surface area contributed by atoms with E-state index in [4.69, 9.17) is 9.47 Å². The maximum Gasteiger partial charge on any atom is 0.344 e. The highest BCUT2D eigenvalue weighted by molar-refractivity contribution is 5.95. The third-order valence-electron chi connectivity index (χ3n) is 3.14. The Balaban J connectivity index is 1.80. The number of ether oxygens (including phenoxy) is 2. The molecule has 0 saturated heterocycles. The van der Waals surface area contributed by atoms with Crippen molar-refractivity contribution in [2.24, 2.45) is 0 Å². The van der Waals surface area contributed by atoms with Crippen molar-refractivity contribution in [2.75, 3.05) is 11.9 Å². The van der Waals surface area contributed by atoms with E-state index in [9.17, 15) is 18.8 Å². The summed E-state index contributed by atoms with van der Waals surface area (Å²) in [6.45, 7) is 1.00. The van der Waals surface area contributed by atoms with E-state index in [0.717, 1.165) is 6.07 Å². The summed E-state index contributed by atoms with van der Waals surface area (Å²) in [5, 5.41) is 2.44. The van der Waals surface area contributed by atoms with E-state index in [1.165, 1.54) is 37.3 Å². The number of carbonyl (C=O) groups is 3. The Bertz CT molecular complexity index is 760. The molecule has 0 aliphatic heterocycles. The third-order valence-corrected chi connectivity index (χ3v) is 3.14. The molecule has 0 aliphatic rings. The van der Waals surface area contributed by atoms with Gasteiger partial charge in [0.2, 0.25) is 0 Å². The molecule has 0 bridgehead atoms. The average molecular weight is 345 g/mol. The normalized spacial score (nSPS) is 11.3. The highest BCUT2D eigenvalue weighted by Crippen LogP contribution is 2.12. The quantitative estimate of drug-likeness (QED) is 0.616. The molecule has 2 aromatic rings. The molecule has 1 atom stereocenters. The first kappa shape index (κ1) is 18.1. The monoisotopic (exact) mass is 345 g/mol. The number of halogens is 1. The van der Waals surface area contributed by atoms with E-state index in [-0.39, 0.29) is 5.69 Å². The number of hydrogen-bond donors (Lipinski definition) is 1. The van der Waals surface area contributed by atoms with Crippen LogP contribution in [0.4, 0.5) is 10.1 Å². The summed E-state index contributed by atoms with van der Waals surface area (Å²) in [7, 11) is 0. The first-order valence-corrected chi connectivity index (χ1v) is 7.42. The fraction of sp³-hybridized carbons (Fsp3) is 0.167. The number of rotatable bonds is 7. The summed E-state index contributed by atoms with van der Waals surface area (Å²) >= 11 is 0. The molecule has 6 nitrogen and oxygen atoms in total. The van der Waals surface area contributed by atoms with Gasteiger partial charge in [-0.15, -0.1) is 0 Å². The predicted molar refractivity (Wildman–Crippen MR) is 87.9 cm³/mol. The molecule has 7 heteroatoms. The van der Waals surface area contributed by atoms with Gasteiger partial charge in [-0.1, -0.05) is 6.07 Å². The highest BCUT2D eigenvalue weighted by Gasteiger charge is 2.18. The van der Waals surface area contributed by atoms with Gasteiger partial charge in [0.25, 0.3) is 5.91 Å². The predicted octanol–water partition coefficient (Wildman–Crippen LogP) is 2.59. The zero-order valence-corrected chi connectivity index (χ0v) is 13.4. The number of aldehydes is 1. The van der Waals surface area contributed by atoms with Crippen LogP contribution in [0.5, 0.6) is 5.75 Å². The van der Waals surface area contributed by atoms with E-state index in [1.54, 1.807) is 12.1 Å². The number of anilines is 1. The topological polar surface area (TPSA) is 81.7 Å². The molecule has 130 valence electrons. The van der Waals surface area contributed by atoms with Crippen LogP contribution in [0, 0.1) is 5.82 Å². The maximum absolute atomic E-state index is 13.1. The van der Waals surface area contributed by atoms with Gasteiger partial charge >= 0.3 is 5.97 Å². The lowest BCUT2D eigenvalue weighted by molar-refractivity contribution is -0.155. The van der Waals surface area contributed by atoms with Crippen molar-refractivity contribution >= 4 is 23.9 Å². The van der Waals surface area contributed by atoms with Crippen molar-refractivity contribution in [2.45, 2.75) is 13.0 Å². The van der Waals surface area contributed by atoms with Crippen LogP contribution in [0.1, 0.15) is 17.3 Å². The smallest absolute Gasteiger partial charge is 0.344 e. The second-order valence-electron chi connectivity index (χ2n) is 5.11. The lowest BCUT2D eigenvalue weighted by Gasteiger charge is -2.14. The number of carbonyl (C=O) groups excluding carboxylic acids is 3. The van der Waals surface area contributed by atoms with Gasteiger partial charge in [0.05, 0.1) is 0 Å². The fourth-order valence-corrected chi connectivity index (χ4v) is 1.88. The van der Waals surface area contributed by atoms with E-state index in [1.807, 2.05) is 0 Å². The Kier molecular flexibility index (Phi) is 6.22. The van der Waals surface area contributed by atoms with E-state index >= 15 is 0 Å². The Hall–Kier alpha value is -3.22. The van der Waals surface area contributed by atoms with Crippen molar-refractivity contribution in [3.8, 4) is 5.75 Å². The molecule has 0 saturated carbocycles. The maximum atomic E-state index is 13.1. The van der Waals surface area contributed by atoms with Crippen LogP contribution in [0.25, 0.3) is 0 Å². The Morgan fingerprint density at radius 2 is 1.92 bits per heavy atom. The van der Waals surface area contributed by atoms with Crippen molar-refractivity contribution in [1.29, 1.82) is 0 Å². The van der Waals surface area contributed by atoms with Crippen LogP contribution in [0.15, 0.2) is 48.5 Å². The second kappa shape index (κ2) is 8.58. The van der Waals surface area contributed by atoms with E-state index < -0.39 is 30.4 Å². The molecule has 0 radical (unpaired) electrons.